The highest BCUT2D eigenvalue weighted by atomic mass is 32.2. The summed E-state index contributed by atoms with van der Waals surface area (Å²) in [6, 6.07) is 9.37. The second kappa shape index (κ2) is 29.9. The van der Waals surface area contributed by atoms with Crippen LogP contribution in [0.2, 0.25) is 0 Å². The number of fused-ring (bicyclic) bond motifs is 7. The Kier molecular flexibility index (Phi) is 22.4. The van der Waals surface area contributed by atoms with E-state index in [1.807, 2.05) is 12.5 Å². The van der Waals surface area contributed by atoms with Gasteiger partial charge in [-0.15, -0.1) is 0 Å². The molecule has 5 amide bonds. The van der Waals surface area contributed by atoms with Crippen molar-refractivity contribution in [2.75, 3.05) is 97.5 Å². The van der Waals surface area contributed by atoms with E-state index in [1.54, 1.807) is 48.6 Å². The van der Waals surface area contributed by atoms with Crippen molar-refractivity contribution >= 4 is 87.4 Å². The van der Waals surface area contributed by atoms with Crippen molar-refractivity contribution < 1.29 is 86.8 Å². The van der Waals surface area contributed by atoms with E-state index in [0.717, 1.165) is 40.2 Å². The highest BCUT2D eigenvalue weighted by molar-refractivity contribution is 8.00. The van der Waals surface area contributed by atoms with E-state index < -0.39 is 102 Å². The number of ether oxygens (including phenoxy) is 8. The lowest BCUT2D eigenvalue weighted by molar-refractivity contribution is -0.256. The summed E-state index contributed by atoms with van der Waals surface area (Å²) in [5, 5.41) is 44.6. The topological polar surface area (TPSA) is 343 Å². The number of hydrazine groups is 1. The number of ketones is 2. The third-order valence-electron chi connectivity index (χ3n) is 15.4. The Morgan fingerprint density at radius 1 is 0.805 bits per heavy atom. The summed E-state index contributed by atoms with van der Waals surface area (Å²) in [7, 11) is 2.84. The van der Waals surface area contributed by atoms with Crippen LogP contribution in [0.3, 0.4) is 0 Å². The quantitative estimate of drug-likeness (QED) is 0.0212. The van der Waals surface area contributed by atoms with Gasteiger partial charge >= 0.3 is 0 Å². The zero-order chi connectivity index (χ0) is 61.9. The predicted octanol–water partition coefficient (Wildman–Crippen LogP) is 2.18. The predicted molar refractivity (Wildman–Crippen MR) is 318 cm³/mol. The molecule has 4 aromatic rings. The molecule has 87 heavy (non-hydrogen) atoms. The molecule has 8 N–H and O–H groups in total. The standard InChI is InChI=1S/C58H72N8O18S3/c1-30-53-38(66-16-19-81-56(78-3)55(66)84-53)24-44(82-30)83-40-26-58(76,25-33-46(40)52(73)48-47(50(33)71)49(70)32-7-6-8-39(77-2)45(32)51(48)72)57(75)65-64-42(68)12-22-87-29-43(69)60-14-13-59-41(67)11-17-79-20-21-80-18-15-61-54(74)31-9-10-34-35(23-31)63-37(28-86-5)36(62-34)27-85-4/h6-10,23,30,38,40,44,53,55-56,71,73,76H,11-22,24-29H2,1-5H3,(H,59,67)(H,60,69)(H,61,74)(H,64,68)(H,65,75)/t30-,38-,40-,44-,53+,55+,56-,58-/m0/s1. The molecule has 3 aliphatic heterocycles. The number of aromatic nitrogens is 2. The van der Waals surface area contributed by atoms with Crippen molar-refractivity contribution in [1.29, 1.82) is 0 Å². The maximum absolute atomic E-state index is 14.3. The van der Waals surface area contributed by atoms with E-state index in [9.17, 15) is 48.9 Å². The van der Waals surface area contributed by atoms with Gasteiger partial charge in [0.05, 0.1) is 97.2 Å². The smallest absolute Gasteiger partial charge is 0.270 e. The number of phenols is 2. The summed E-state index contributed by atoms with van der Waals surface area (Å²) >= 11 is 4.49. The second-order valence-corrected chi connectivity index (χ2v) is 24.0. The van der Waals surface area contributed by atoms with Gasteiger partial charge in [-0.1, -0.05) is 12.1 Å². The maximum atomic E-state index is 14.3. The fourth-order valence-corrected chi connectivity index (χ4v) is 13.1. The molecule has 470 valence electrons. The minimum atomic E-state index is -2.46. The SMILES string of the molecule is COc1cccc2c1C(=O)c1c(O)c3c(c(O)c1C2=O)C[C@@](O)(C(=O)NNC(=O)CCSCC(=O)NCCNC(=O)CCOCCOCCNC(=O)c1ccc2nc(CSC)c(CSC)nc2c1)C[C@@H]3O[C@H]1C[C@H]2[C@H](O[C@@H]3[C@@H](OC)OCCN32)[C@H](C)O1. The first kappa shape index (κ1) is 65.2. The molecule has 0 saturated carbocycles. The molecular formula is C58H72N8O18S3. The van der Waals surface area contributed by atoms with Crippen molar-refractivity contribution in [2.45, 2.75) is 99.3 Å². The summed E-state index contributed by atoms with van der Waals surface area (Å²) in [6.45, 7) is 4.20. The molecule has 3 aromatic carbocycles. The first-order valence-electron chi connectivity index (χ1n) is 28.4. The molecule has 1 aromatic heterocycles. The van der Waals surface area contributed by atoms with Gasteiger partial charge in [-0.05, 0) is 43.7 Å². The Hall–Kier alpha value is -6.22. The normalized spacial score (nSPS) is 22.9. The molecule has 0 bridgehead atoms. The lowest BCUT2D eigenvalue weighted by Crippen LogP contribution is -2.57. The summed E-state index contributed by atoms with van der Waals surface area (Å²) < 4.78 is 47.0. The first-order chi connectivity index (χ1) is 42.0. The summed E-state index contributed by atoms with van der Waals surface area (Å²) in [6.07, 6.45) is -1.75. The largest absolute Gasteiger partial charge is 0.507 e. The van der Waals surface area contributed by atoms with Crippen molar-refractivity contribution in [3.8, 4) is 17.2 Å². The number of methoxy groups -OCH3 is 2. The van der Waals surface area contributed by atoms with Crippen LogP contribution in [-0.4, -0.2) is 211 Å². The van der Waals surface area contributed by atoms with Gasteiger partial charge < -0.3 is 69.2 Å². The lowest BCUT2D eigenvalue weighted by Gasteiger charge is -2.43. The average molecular weight is 1270 g/mol. The number of amides is 5. The molecule has 3 saturated heterocycles. The van der Waals surface area contributed by atoms with Gasteiger partial charge in [-0.3, -0.25) is 49.3 Å². The van der Waals surface area contributed by atoms with Crippen LogP contribution in [0.25, 0.3) is 11.0 Å². The number of hydrogen-bond donors (Lipinski definition) is 8. The number of aliphatic hydroxyl groups is 1. The number of carbonyl (C=O) groups is 7. The van der Waals surface area contributed by atoms with E-state index in [2.05, 4.69) is 31.7 Å². The summed E-state index contributed by atoms with van der Waals surface area (Å²) in [4.78, 5) is 105. The fourth-order valence-electron chi connectivity index (χ4n) is 11.3. The Labute approximate surface area is 514 Å². The number of phenolic OH excluding ortho intramolecular Hbond substituents is 2. The van der Waals surface area contributed by atoms with Gasteiger partial charge in [-0.2, -0.15) is 35.3 Å². The lowest BCUT2D eigenvalue weighted by atomic mass is 9.72. The van der Waals surface area contributed by atoms with Crippen molar-refractivity contribution in [1.82, 2.24) is 41.7 Å². The molecule has 8 atom stereocenters. The third-order valence-corrected chi connectivity index (χ3v) is 17.5. The van der Waals surface area contributed by atoms with Gasteiger partial charge in [0, 0.05) is 111 Å². The second-order valence-electron chi connectivity index (χ2n) is 21.1. The molecule has 4 heterocycles. The molecule has 5 aliphatic rings. The average Bonchev–Trinajstić information content (AvgIpc) is 1.12. The van der Waals surface area contributed by atoms with Crippen LogP contribution >= 0.6 is 35.3 Å². The van der Waals surface area contributed by atoms with Gasteiger partial charge in [0.1, 0.15) is 23.4 Å². The van der Waals surface area contributed by atoms with Crippen LogP contribution in [-0.2, 0) is 70.3 Å². The molecule has 9 rings (SSSR count). The molecule has 0 unspecified atom stereocenters. The zero-order valence-electron chi connectivity index (χ0n) is 48.8. The molecule has 0 radical (unpaired) electrons. The monoisotopic (exact) mass is 1260 g/mol. The van der Waals surface area contributed by atoms with Gasteiger partial charge in [0.25, 0.3) is 11.8 Å². The van der Waals surface area contributed by atoms with E-state index in [4.69, 9.17) is 47.9 Å². The minimum Gasteiger partial charge on any atom is -0.507 e. The van der Waals surface area contributed by atoms with Gasteiger partial charge in [0.15, 0.2) is 30.2 Å². The van der Waals surface area contributed by atoms with Crippen molar-refractivity contribution in [2.24, 2.45) is 0 Å². The van der Waals surface area contributed by atoms with E-state index in [1.165, 1.54) is 32.4 Å². The number of nitrogens with one attached hydrogen (secondary N) is 5. The van der Waals surface area contributed by atoms with Crippen molar-refractivity contribution in [3.05, 3.63) is 86.7 Å². The minimum absolute atomic E-state index is 0.0129. The molecule has 2 aliphatic carbocycles. The van der Waals surface area contributed by atoms with Crippen LogP contribution in [0.5, 0.6) is 17.2 Å². The van der Waals surface area contributed by atoms with Crippen LogP contribution < -0.4 is 31.5 Å². The van der Waals surface area contributed by atoms with E-state index in [-0.39, 0.29) is 129 Å². The first-order valence-corrected chi connectivity index (χ1v) is 32.3. The van der Waals surface area contributed by atoms with Gasteiger partial charge in [-0.25, -0.2) is 9.97 Å². The Bertz CT molecular complexity index is 3240. The third kappa shape index (κ3) is 14.9. The molecule has 29 heteroatoms. The number of hydrogen-bond acceptors (Lipinski definition) is 24. The van der Waals surface area contributed by atoms with E-state index >= 15 is 0 Å². The maximum Gasteiger partial charge on any atom is 0.270 e. The van der Waals surface area contributed by atoms with Crippen LogP contribution in [0.15, 0.2) is 36.4 Å². The highest BCUT2D eigenvalue weighted by Crippen LogP contribution is 2.53. The van der Waals surface area contributed by atoms with E-state index in [0.29, 0.717) is 24.2 Å². The number of benzene rings is 3. The van der Waals surface area contributed by atoms with Crippen LogP contribution in [0.4, 0.5) is 0 Å². The Balaban J connectivity index is 0.684. The number of aromatic hydroxyl groups is 2. The Morgan fingerprint density at radius 2 is 1.53 bits per heavy atom. The number of nitrogens with zero attached hydrogens (tertiary/aromatic N) is 3. The fraction of sp³-hybridized carbons (Fsp3) is 0.534. The number of carbonyl (C=O) groups excluding carboxylic acids is 7. The highest BCUT2D eigenvalue weighted by Gasteiger charge is 2.55. The summed E-state index contributed by atoms with van der Waals surface area (Å²) in [5.74, 6) is -4.00. The number of thioether (sulfide) groups is 3. The van der Waals surface area contributed by atoms with Crippen LogP contribution in [0.1, 0.15) is 103 Å². The molecule has 3 fully saturated rings. The van der Waals surface area contributed by atoms with Gasteiger partial charge in [0.2, 0.25) is 23.5 Å². The molecule has 26 nitrogen and oxygen atoms in total. The Morgan fingerprint density at radius 3 is 2.26 bits per heavy atom. The zero-order valence-corrected chi connectivity index (χ0v) is 51.2. The summed E-state index contributed by atoms with van der Waals surface area (Å²) in [5.41, 5.74) is 4.20. The van der Waals surface area contributed by atoms with Crippen molar-refractivity contribution in [3.63, 3.8) is 0 Å². The number of rotatable bonds is 27. The van der Waals surface area contributed by atoms with Crippen LogP contribution in [0, 0.1) is 0 Å². The molecular weight excluding hydrogens is 1190 g/mol. The molecule has 0 spiro atoms. The number of morpholine rings is 1.